The number of hydrogen-bond donors (Lipinski definition) is 2. The minimum atomic E-state index is -0.370. The molecule has 2 aromatic carbocycles. The molecule has 0 radical (unpaired) electrons. The van der Waals surface area contributed by atoms with E-state index in [2.05, 4.69) is 10.6 Å². The number of anilines is 1. The molecule has 0 aliphatic rings. The fraction of sp³-hybridized carbons (Fsp3) is 0.364. The average molecular weight is 368 g/mol. The summed E-state index contributed by atoms with van der Waals surface area (Å²) in [5.41, 5.74) is 0.944. The molecule has 0 unspecified atom stereocenters. The molecular weight excluding hydrogens is 340 g/mol. The van der Waals surface area contributed by atoms with Gasteiger partial charge >= 0.3 is 0 Å². The van der Waals surface area contributed by atoms with Crippen molar-refractivity contribution in [1.82, 2.24) is 5.32 Å². The quantitative estimate of drug-likeness (QED) is 0.789. The Hall–Kier alpha value is -2.82. The molecule has 0 aromatic heterocycles. The molecule has 5 heteroatoms. The Balaban J connectivity index is 2.23. The molecule has 0 aliphatic heterocycles. The number of para-hydroxylation sites is 2. The SMILES string of the molecule is CC(C)COc1ccccc1C(=O)Nc1ccccc1C(=O)NC(C)(C)C. The molecule has 0 aliphatic carbocycles. The van der Waals surface area contributed by atoms with Crippen LogP contribution in [0, 0.1) is 5.92 Å². The summed E-state index contributed by atoms with van der Waals surface area (Å²) in [6.45, 7) is 10.4. The zero-order chi connectivity index (χ0) is 20.0. The van der Waals surface area contributed by atoms with Gasteiger partial charge in [0.15, 0.2) is 0 Å². The molecule has 0 heterocycles. The summed E-state index contributed by atoms with van der Waals surface area (Å²) in [5, 5.41) is 5.76. The van der Waals surface area contributed by atoms with E-state index in [1.807, 2.05) is 40.7 Å². The van der Waals surface area contributed by atoms with E-state index >= 15 is 0 Å². The van der Waals surface area contributed by atoms with Crippen molar-refractivity contribution in [3.63, 3.8) is 0 Å². The molecule has 0 bridgehead atoms. The second kappa shape index (κ2) is 8.71. The van der Waals surface area contributed by atoms with Crippen molar-refractivity contribution in [2.24, 2.45) is 5.92 Å². The van der Waals surface area contributed by atoms with Crippen molar-refractivity contribution in [3.05, 3.63) is 59.7 Å². The largest absolute Gasteiger partial charge is 0.492 e. The van der Waals surface area contributed by atoms with Crippen LogP contribution in [0.3, 0.4) is 0 Å². The van der Waals surface area contributed by atoms with Gasteiger partial charge in [0.1, 0.15) is 5.75 Å². The number of amides is 2. The number of carbonyl (C=O) groups is 2. The van der Waals surface area contributed by atoms with E-state index in [4.69, 9.17) is 4.74 Å². The van der Waals surface area contributed by atoms with Gasteiger partial charge in [-0.15, -0.1) is 0 Å². The van der Waals surface area contributed by atoms with Gasteiger partial charge in [0.25, 0.3) is 11.8 Å². The lowest BCUT2D eigenvalue weighted by Crippen LogP contribution is -2.40. The summed E-state index contributed by atoms with van der Waals surface area (Å²) >= 11 is 0. The number of ether oxygens (including phenoxy) is 1. The van der Waals surface area contributed by atoms with Crippen LogP contribution in [0.2, 0.25) is 0 Å². The maximum atomic E-state index is 12.8. The lowest BCUT2D eigenvalue weighted by Gasteiger charge is -2.21. The first-order valence-electron chi connectivity index (χ1n) is 9.12. The zero-order valence-corrected chi connectivity index (χ0v) is 16.6. The first-order chi connectivity index (χ1) is 12.7. The third kappa shape index (κ3) is 6.13. The van der Waals surface area contributed by atoms with Gasteiger partial charge in [0.05, 0.1) is 23.4 Å². The molecule has 0 spiro atoms. The smallest absolute Gasteiger partial charge is 0.259 e. The first-order valence-corrected chi connectivity index (χ1v) is 9.12. The highest BCUT2D eigenvalue weighted by Crippen LogP contribution is 2.22. The van der Waals surface area contributed by atoms with E-state index in [9.17, 15) is 9.59 Å². The summed E-state index contributed by atoms with van der Waals surface area (Å²) in [7, 11) is 0. The number of rotatable bonds is 6. The molecule has 2 rings (SSSR count). The fourth-order valence-electron chi connectivity index (χ4n) is 2.42. The highest BCUT2D eigenvalue weighted by atomic mass is 16.5. The molecule has 0 fully saturated rings. The van der Waals surface area contributed by atoms with Gasteiger partial charge in [-0.3, -0.25) is 9.59 Å². The first kappa shape index (κ1) is 20.5. The molecule has 5 nitrogen and oxygen atoms in total. The van der Waals surface area contributed by atoms with Crippen LogP contribution in [0.15, 0.2) is 48.5 Å². The molecule has 144 valence electrons. The summed E-state index contributed by atoms with van der Waals surface area (Å²) in [4.78, 5) is 25.4. The van der Waals surface area contributed by atoms with Crippen molar-refractivity contribution < 1.29 is 14.3 Å². The zero-order valence-electron chi connectivity index (χ0n) is 16.6. The Morgan fingerprint density at radius 3 is 2.15 bits per heavy atom. The normalized spacial score (nSPS) is 11.2. The predicted octanol–water partition coefficient (Wildman–Crippen LogP) is 4.50. The minimum Gasteiger partial charge on any atom is -0.492 e. The molecular formula is C22H28N2O3. The van der Waals surface area contributed by atoms with Crippen LogP contribution in [0.25, 0.3) is 0 Å². The van der Waals surface area contributed by atoms with Crippen LogP contribution in [0.1, 0.15) is 55.3 Å². The third-order valence-corrected chi connectivity index (χ3v) is 3.61. The van der Waals surface area contributed by atoms with Crippen molar-refractivity contribution in [3.8, 4) is 5.75 Å². The van der Waals surface area contributed by atoms with Gasteiger partial charge in [-0.1, -0.05) is 38.1 Å². The summed E-state index contributed by atoms with van der Waals surface area (Å²) in [6.07, 6.45) is 0. The molecule has 0 saturated carbocycles. The van der Waals surface area contributed by atoms with Gasteiger partial charge < -0.3 is 15.4 Å². The molecule has 2 N–H and O–H groups in total. The van der Waals surface area contributed by atoms with Crippen molar-refractivity contribution in [2.45, 2.75) is 40.2 Å². The van der Waals surface area contributed by atoms with Crippen LogP contribution in [0.4, 0.5) is 5.69 Å². The number of nitrogens with one attached hydrogen (secondary N) is 2. The van der Waals surface area contributed by atoms with Crippen molar-refractivity contribution >= 4 is 17.5 Å². The summed E-state index contributed by atoms with van der Waals surface area (Å²) < 4.78 is 5.76. The molecule has 27 heavy (non-hydrogen) atoms. The van der Waals surface area contributed by atoms with E-state index in [0.717, 1.165) is 0 Å². The van der Waals surface area contributed by atoms with Crippen LogP contribution in [-0.4, -0.2) is 24.0 Å². The third-order valence-electron chi connectivity index (χ3n) is 3.61. The van der Waals surface area contributed by atoms with Gasteiger partial charge in [0, 0.05) is 5.54 Å². The van der Waals surface area contributed by atoms with E-state index < -0.39 is 0 Å². The second-order valence-corrected chi connectivity index (χ2v) is 7.90. The number of hydrogen-bond acceptors (Lipinski definition) is 3. The Bertz CT molecular complexity index is 807. The highest BCUT2D eigenvalue weighted by molar-refractivity contribution is 6.10. The van der Waals surface area contributed by atoms with Gasteiger partial charge in [-0.25, -0.2) is 0 Å². The topological polar surface area (TPSA) is 67.4 Å². The molecule has 2 aromatic rings. The van der Waals surface area contributed by atoms with Gasteiger partial charge in [-0.05, 0) is 51.0 Å². The monoisotopic (exact) mass is 368 g/mol. The van der Waals surface area contributed by atoms with Crippen molar-refractivity contribution in [2.75, 3.05) is 11.9 Å². The van der Waals surface area contributed by atoms with E-state index in [1.165, 1.54) is 0 Å². The van der Waals surface area contributed by atoms with Crippen LogP contribution in [0.5, 0.6) is 5.75 Å². The fourth-order valence-corrected chi connectivity index (χ4v) is 2.42. The average Bonchev–Trinajstić information content (AvgIpc) is 2.59. The van der Waals surface area contributed by atoms with Gasteiger partial charge in [-0.2, -0.15) is 0 Å². The van der Waals surface area contributed by atoms with E-state index in [1.54, 1.807) is 42.5 Å². The lowest BCUT2D eigenvalue weighted by atomic mass is 10.1. The van der Waals surface area contributed by atoms with Gasteiger partial charge in [0.2, 0.25) is 0 Å². The second-order valence-electron chi connectivity index (χ2n) is 7.90. The highest BCUT2D eigenvalue weighted by Gasteiger charge is 2.20. The van der Waals surface area contributed by atoms with Crippen LogP contribution < -0.4 is 15.4 Å². The van der Waals surface area contributed by atoms with Crippen LogP contribution in [-0.2, 0) is 0 Å². The summed E-state index contributed by atoms with van der Waals surface area (Å²) in [6, 6.07) is 14.1. The Morgan fingerprint density at radius 1 is 0.926 bits per heavy atom. The standard InChI is InChI=1S/C22H28N2O3/c1-15(2)14-27-19-13-9-7-11-17(19)20(25)23-18-12-8-6-10-16(18)21(26)24-22(3,4)5/h6-13,15H,14H2,1-5H3,(H,23,25)(H,24,26). The number of benzene rings is 2. The Kier molecular flexibility index (Phi) is 6.61. The van der Waals surface area contributed by atoms with E-state index in [-0.39, 0.29) is 17.4 Å². The molecule has 0 atom stereocenters. The predicted molar refractivity (Wildman–Crippen MR) is 108 cm³/mol. The molecule has 0 saturated heterocycles. The molecule has 2 amide bonds. The summed E-state index contributed by atoms with van der Waals surface area (Å²) in [5.74, 6) is 0.330. The van der Waals surface area contributed by atoms with Crippen molar-refractivity contribution in [1.29, 1.82) is 0 Å². The van der Waals surface area contributed by atoms with E-state index in [0.29, 0.717) is 35.1 Å². The Labute approximate surface area is 161 Å². The Morgan fingerprint density at radius 2 is 1.52 bits per heavy atom. The number of carbonyl (C=O) groups excluding carboxylic acids is 2. The van der Waals surface area contributed by atoms with Crippen LogP contribution >= 0.6 is 0 Å². The lowest BCUT2D eigenvalue weighted by molar-refractivity contribution is 0.0920. The maximum Gasteiger partial charge on any atom is 0.259 e. The maximum absolute atomic E-state index is 12.8. The minimum absolute atomic E-state index is 0.234.